The third kappa shape index (κ3) is 4.02. The van der Waals surface area contributed by atoms with Gasteiger partial charge < -0.3 is 14.7 Å². The molecule has 0 aliphatic heterocycles. The first-order chi connectivity index (χ1) is 14.3. The molecule has 0 fully saturated rings. The van der Waals surface area contributed by atoms with Crippen LogP contribution in [-0.2, 0) is 4.79 Å². The number of fused-ring (bicyclic) bond motifs is 2. The molecule has 0 saturated carbocycles. The number of para-hydroxylation sites is 1. The number of hydrogen-bond donors (Lipinski definition) is 2. The van der Waals surface area contributed by atoms with Gasteiger partial charge in [-0.1, -0.05) is 18.2 Å². The van der Waals surface area contributed by atoms with Crippen LogP contribution in [0.25, 0.3) is 21.2 Å². The lowest BCUT2D eigenvalue weighted by Crippen LogP contribution is -2.28. The Morgan fingerprint density at radius 2 is 2.07 bits per heavy atom. The van der Waals surface area contributed by atoms with Gasteiger partial charge in [0.25, 0.3) is 5.56 Å². The van der Waals surface area contributed by atoms with E-state index < -0.39 is 0 Å². The number of furan rings is 1. The molecule has 3 heterocycles. The van der Waals surface area contributed by atoms with Crippen molar-refractivity contribution in [3.8, 4) is 0 Å². The molecule has 8 heteroatoms. The fourth-order valence-corrected chi connectivity index (χ4v) is 5.10. The molecule has 0 spiro atoms. The fraction of sp³-hybridized carbons (Fsp3) is 0.318. The summed E-state index contributed by atoms with van der Waals surface area (Å²) in [6.45, 7) is 7.78. The van der Waals surface area contributed by atoms with Crippen molar-refractivity contribution in [2.24, 2.45) is 0 Å². The van der Waals surface area contributed by atoms with Crippen LogP contribution in [0.3, 0.4) is 0 Å². The van der Waals surface area contributed by atoms with E-state index in [4.69, 9.17) is 4.42 Å². The predicted octanol–water partition coefficient (Wildman–Crippen LogP) is 5.02. The van der Waals surface area contributed by atoms with E-state index in [2.05, 4.69) is 15.3 Å². The molecule has 0 radical (unpaired) electrons. The molecule has 4 rings (SSSR count). The van der Waals surface area contributed by atoms with E-state index in [1.54, 1.807) is 0 Å². The summed E-state index contributed by atoms with van der Waals surface area (Å²) in [7, 11) is 0. The Balaban J connectivity index is 1.39. The number of H-pyrrole nitrogens is 1. The fourth-order valence-electron chi connectivity index (χ4n) is 3.31. The highest BCUT2D eigenvalue weighted by molar-refractivity contribution is 8.00. The lowest BCUT2D eigenvalue weighted by Gasteiger charge is -2.13. The molecule has 156 valence electrons. The summed E-state index contributed by atoms with van der Waals surface area (Å²) in [5, 5.41) is 4.54. The summed E-state index contributed by atoms with van der Waals surface area (Å²) in [5.74, 6) is 1.49. The largest absolute Gasteiger partial charge is 0.459 e. The van der Waals surface area contributed by atoms with Crippen LogP contribution in [0, 0.1) is 13.8 Å². The molecule has 1 aromatic carbocycles. The number of carbonyl (C=O) groups excluding carboxylic acids is 1. The Labute approximate surface area is 182 Å². The minimum Gasteiger partial charge on any atom is -0.459 e. The monoisotopic (exact) mass is 441 g/mol. The van der Waals surface area contributed by atoms with Crippen molar-refractivity contribution in [1.82, 2.24) is 15.3 Å². The first-order valence-electron chi connectivity index (χ1n) is 9.73. The molecule has 6 nitrogen and oxygen atoms in total. The molecule has 0 unspecified atom stereocenters. The zero-order valence-electron chi connectivity index (χ0n) is 17.2. The Morgan fingerprint density at radius 3 is 2.83 bits per heavy atom. The lowest BCUT2D eigenvalue weighted by atomic mass is 10.2. The summed E-state index contributed by atoms with van der Waals surface area (Å²) in [6, 6.07) is 9.49. The van der Waals surface area contributed by atoms with Crippen molar-refractivity contribution in [3.05, 3.63) is 62.7 Å². The van der Waals surface area contributed by atoms with Crippen LogP contribution < -0.4 is 10.9 Å². The van der Waals surface area contributed by atoms with Crippen LogP contribution in [0.2, 0.25) is 0 Å². The van der Waals surface area contributed by atoms with Crippen molar-refractivity contribution < 1.29 is 9.21 Å². The van der Waals surface area contributed by atoms with Crippen molar-refractivity contribution in [1.29, 1.82) is 0 Å². The second kappa shape index (κ2) is 8.28. The van der Waals surface area contributed by atoms with Gasteiger partial charge in [0.05, 0.1) is 22.4 Å². The van der Waals surface area contributed by atoms with Crippen LogP contribution in [0.15, 0.2) is 39.5 Å². The minimum absolute atomic E-state index is 0.0916. The quantitative estimate of drug-likeness (QED) is 0.439. The van der Waals surface area contributed by atoms with Gasteiger partial charge in [0.2, 0.25) is 5.91 Å². The third-order valence-corrected chi connectivity index (χ3v) is 7.41. The Kier molecular flexibility index (Phi) is 5.71. The maximum Gasteiger partial charge on any atom is 0.259 e. The van der Waals surface area contributed by atoms with Gasteiger partial charge in [-0.15, -0.1) is 23.1 Å². The van der Waals surface area contributed by atoms with Gasteiger partial charge in [-0.25, -0.2) is 4.98 Å². The van der Waals surface area contributed by atoms with Crippen LogP contribution in [0.1, 0.15) is 47.2 Å². The Hall–Kier alpha value is -2.58. The van der Waals surface area contributed by atoms with E-state index >= 15 is 0 Å². The molecule has 30 heavy (non-hydrogen) atoms. The van der Waals surface area contributed by atoms with E-state index in [0.29, 0.717) is 11.2 Å². The SMILES string of the molecule is Cc1sc2nc([C@H](C)SCC(=O)N[C@H](C)c3cc4ccccc4o3)[nH]c(=O)c2c1C. The summed E-state index contributed by atoms with van der Waals surface area (Å²) in [6.07, 6.45) is 0. The maximum absolute atomic E-state index is 12.5. The van der Waals surface area contributed by atoms with E-state index in [9.17, 15) is 9.59 Å². The molecule has 4 aromatic rings. The molecule has 2 atom stereocenters. The number of nitrogens with zero attached hydrogens (tertiary/aromatic N) is 1. The first kappa shape index (κ1) is 20.7. The highest BCUT2D eigenvalue weighted by atomic mass is 32.2. The molecule has 0 saturated heterocycles. The number of aryl methyl sites for hydroxylation is 2. The van der Waals surface area contributed by atoms with E-state index in [1.165, 1.54) is 23.1 Å². The van der Waals surface area contributed by atoms with Crippen molar-refractivity contribution in [2.45, 2.75) is 39.0 Å². The number of thiophene rings is 1. The molecule has 0 aliphatic rings. The van der Waals surface area contributed by atoms with E-state index in [-0.39, 0.29) is 28.5 Å². The average molecular weight is 442 g/mol. The van der Waals surface area contributed by atoms with Gasteiger partial charge in [-0.3, -0.25) is 9.59 Å². The number of aromatic amines is 1. The number of rotatable bonds is 6. The second-order valence-electron chi connectivity index (χ2n) is 7.34. The number of hydrogen-bond acceptors (Lipinski definition) is 6. The van der Waals surface area contributed by atoms with Crippen molar-refractivity contribution in [3.63, 3.8) is 0 Å². The second-order valence-corrected chi connectivity index (χ2v) is 9.88. The standard InChI is InChI=1S/C22H23N3O3S2/c1-11-13(3)30-22-19(11)21(27)24-20(25-22)14(4)29-10-18(26)23-12(2)17-9-15-7-5-6-8-16(15)28-17/h5-9,12,14H,10H2,1-4H3,(H,23,26)(H,24,25,27)/t12-,14+/m1/s1. The number of benzene rings is 1. The van der Waals surface area contributed by atoms with Crippen LogP contribution >= 0.6 is 23.1 Å². The van der Waals surface area contributed by atoms with Gasteiger partial charge in [-0.05, 0) is 45.4 Å². The number of carbonyl (C=O) groups is 1. The number of amides is 1. The average Bonchev–Trinajstić information content (AvgIpc) is 3.27. The van der Waals surface area contributed by atoms with Crippen LogP contribution in [0.4, 0.5) is 0 Å². The predicted molar refractivity (Wildman–Crippen MR) is 123 cm³/mol. The van der Waals surface area contributed by atoms with Gasteiger partial charge in [0.1, 0.15) is 22.0 Å². The van der Waals surface area contributed by atoms with Crippen molar-refractivity contribution in [2.75, 3.05) is 5.75 Å². The molecular weight excluding hydrogens is 418 g/mol. The van der Waals surface area contributed by atoms with Crippen LogP contribution in [-0.4, -0.2) is 21.6 Å². The highest BCUT2D eigenvalue weighted by Crippen LogP contribution is 2.30. The van der Waals surface area contributed by atoms with Gasteiger partial charge in [0.15, 0.2) is 0 Å². The number of nitrogens with one attached hydrogen (secondary N) is 2. The highest BCUT2D eigenvalue weighted by Gasteiger charge is 2.18. The van der Waals surface area contributed by atoms with Crippen LogP contribution in [0.5, 0.6) is 0 Å². The zero-order valence-corrected chi connectivity index (χ0v) is 18.9. The minimum atomic E-state index is -0.229. The summed E-state index contributed by atoms with van der Waals surface area (Å²) in [4.78, 5) is 34.3. The normalized spacial score (nSPS) is 13.6. The summed E-state index contributed by atoms with van der Waals surface area (Å²) >= 11 is 2.96. The maximum atomic E-state index is 12.5. The molecule has 0 aliphatic carbocycles. The number of thioether (sulfide) groups is 1. The summed E-state index contributed by atoms with van der Waals surface area (Å²) in [5.41, 5.74) is 1.67. The molecule has 3 aromatic heterocycles. The molecular formula is C22H23N3O3S2. The zero-order chi connectivity index (χ0) is 21.4. The molecule has 1 amide bonds. The molecule has 2 N–H and O–H groups in total. The third-order valence-electron chi connectivity index (χ3n) is 5.16. The van der Waals surface area contributed by atoms with Gasteiger partial charge in [0, 0.05) is 10.3 Å². The topological polar surface area (TPSA) is 88.0 Å². The Morgan fingerprint density at radius 1 is 1.30 bits per heavy atom. The number of aromatic nitrogens is 2. The smallest absolute Gasteiger partial charge is 0.259 e. The first-order valence-corrected chi connectivity index (χ1v) is 11.6. The van der Waals surface area contributed by atoms with Gasteiger partial charge >= 0.3 is 0 Å². The lowest BCUT2D eigenvalue weighted by molar-refractivity contribution is -0.119. The molecule has 0 bridgehead atoms. The van der Waals surface area contributed by atoms with E-state index in [1.807, 2.05) is 58.0 Å². The Bertz CT molecular complexity index is 1260. The van der Waals surface area contributed by atoms with E-state index in [0.717, 1.165) is 32.0 Å². The van der Waals surface area contributed by atoms with Gasteiger partial charge in [-0.2, -0.15) is 0 Å². The summed E-state index contributed by atoms with van der Waals surface area (Å²) < 4.78 is 5.82. The van der Waals surface area contributed by atoms with Crippen molar-refractivity contribution >= 4 is 50.2 Å².